The summed E-state index contributed by atoms with van der Waals surface area (Å²) in [5.41, 5.74) is 0. The highest BCUT2D eigenvalue weighted by molar-refractivity contribution is 9.10. The fourth-order valence-electron chi connectivity index (χ4n) is 2.16. The van der Waals surface area contributed by atoms with Crippen LogP contribution in [-0.4, -0.2) is 37.5 Å². The van der Waals surface area contributed by atoms with Gasteiger partial charge < -0.3 is 5.11 Å². The van der Waals surface area contributed by atoms with Crippen molar-refractivity contribution in [1.82, 2.24) is 4.31 Å². The zero-order valence-electron chi connectivity index (χ0n) is 10.4. The maximum Gasteiger partial charge on any atom is 0.244 e. The molecule has 106 valence electrons. The van der Waals surface area contributed by atoms with Crippen molar-refractivity contribution in [3.05, 3.63) is 27.7 Å². The highest BCUT2D eigenvalue weighted by atomic mass is 79.9. The van der Waals surface area contributed by atoms with Gasteiger partial charge in [-0.2, -0.15) is 0 Å². The van der Waals surface area contributed by atoms with Gasteiger partial charge in [0.15, 0.2) is 0 Å². The molecule has 1 aliphatic carbocycles. The molecule has 0 radical (unpaired) electrons. The summed E-state index contributed by atoms with van der Waals surface area (Å²) in [6.07, 6.45) is 1.04. The van der Waals surface area contributed by atoms with Crippen molar-refractivity contribution in [2.24, 2.45) is 5.92 Å². The van der Waals surface area contributed by atoms with Crippen molar-refractivity contribution in [3.63, 3.8) is 0 Å². The molecule has 0 heterocycles. The summed E-state index contributed by atoms with van der Waals surface area (Å²) in [5, 5.41) is 9.44. The lowest BCUT2D eigenvalue weighted by Gasteiger charge is -2.34. The third-order valence-corrected chi connectivity index (χ3v) is 6.11. The number of sulfonamides is 1. The molecule has 1 N–H and O–H groups in total. The third-order valence-electron chi connectivity index (χ3n) is 3.31. The van der Waals surface area contributed by atoms with E-state index in [1.54, 1.807) is 19.2 Å². The second-order valence-corrected chi connectivity index (χ2v) is 8.19. The molecule has 4 nitrogen and oxygen atoms in total. The summed E-state index contributed by atoms with van der Waals surface area (Å²) in [7, 11) is -2.04. The highest BCUT2D eigenvalue weighted by Gasteiger charge is 2.32. The number of rotatable bonds is 4. The Hall–Kier alpha value is -0.140. The number of halogens is 2. The highest BCUT2D eigenvalue weighted by Crippen LogP contribution is 2.31. The Balaban J connectivity index is 2.16. The Morgan fingerprint density at radius 3 is 2.63 bits per heavy atom. The number of hydrogen-bond donors (Lipinski definition) is 1. The summed E-state index contributed by atoms with van der Waals surface area (Å²) in [6, 6.07) is 4.71. The molecule has 0 amide bonds. The van der Waals surface area contributed by atoms with Crippen molar-refractivity contribution < 1.29 is 13.5 Å². The zero-order chi connectivity index (χ0) is 14.2. The van der Waals surface area contributed by atoms with Gasteiger partial charge in [0.25, 0.3) is 0 Å². The molecule has 0 atom stereocenters. The van der Waals surface area contributed by atoms with E-state index in [-0.39, 0.29) is 21.9 Å². The fraction of sp³-hybridized carbons (Fsp3) is 0.500. The van der Waals surface area contributed by atoms with E-state index in [9.17, 15) is 13.5 Å². The molecule has 0 aromatic heterocycles. The van der Waals surface area contributed by atoms with Crippen LogP contribution in [0.5, 0.6) is 0 Å². The van der Waals surface area contributed by atoms with E-state index in [0.29, 0.717) is 19.4 Å². The van der Waals surface area contributed by atoms with E-state index >= 15 is 0 Å². The molecule has 0 saturated heterocycles. The van der Waals surface area contributed by atoms with Gasteiger partial charge in [-0.3, -0.25) is 0 Å². The van der Waals surface area contributed by atoms with Gasteiger partial charge in [0, 0.05) is 18.1 Å². The largest absolute Gasteiger partial charge is 0.393 e. The molecule has 0 spiro atoms. The van der Waals surface area contributed by atoms with Crippen LogP contribution in [-0.2, 0) is 10.0 Å². The zero-order valence-corrected chi connectivity index (χ0v) is 13.5. The first-order valence-electron chi connectivity index (χ1n) is 5.90. The molecule has 0 unspecified atom stereocenters. The number of aliphatic hydroxyl groups excluding tert-OH is 1. The molecule has 7 heteroatoms. The summed E-state index contributed by atoms with van der Waals surface area (Å²) in [6.45, 7) is 0.409. The minimum absolute atomic E-state index is 0.111. The predicted octanol–water partition coefficient (Wildman–Crippen LogP) is 2.49. The van der Waals surface area contributed by atoms with Crippen LogP contribution >= 0.6 is 27.5 Å². The molecule has 1 aliphatic rings. The predicted molar refractivity (Wildman–Crippen MR) is 77.7 cm³/mol. The smallest absolute Gasteiger partial charge is 0.244 e. The number of aliphatic hydroxyl groups is 1. The van der Waals surface area contributed by atoms with Gasteiger partial charge in [0.1, 0.15) is 4.90 Å². The van der Waals surface area contributed by atoms with Crippen LogP contribution in [0, 0.1) is 5.92 Å². The standard InChI is InChI=1S/C12H15BrClNO3S/c1-15(7-8-4-10(16)5-8)19(17,18)12-3-2-9(13)6-11(12)14/h2-3,6,8,10,16H,4-5,7H2,1H3. The van der Waals surface area contributed by atoms with Crippen molar-refractivity contribution in [2.75, 3.05) is 13.6 Å². The molecule has 0 bridgehead atoms. The lowest BCUT2D eigenvalue weighted by atomic mass is 9.82. The first-order chi connectivity index (χ1) is 8.80. The van der Waals surface area contributed by atoms with E-state index < -0.39 is 10.0 Å². The molecule has 0 aliphatic heterocycles. The molecule has 1 fully saturated rings. The number of hydrogen-bond acceptors (Lipinski definition) is 3. The number of benzene rings is 1. The molecular weight excluding hydrogens is 354 g/mol. The Morgan fingerprint density at radius 1 is 1.47 bits per heavy atom. The summed E-state index contributed by atoms with van der Waals surface area (Å²) >= 11 is 9.24. The van der Waals surface area contributed by atoms with Crippen LogP contribution < -0.4 is 0 Å². The first kappa shape index (κ1) is 15.3. The third kappa shape index (κ3) is 3.31. The monoisotopic (exact) mass is 367 g/mol. The van der Waals surface area contributed by atoms with Gasteiger partial charge in [-0.15, -0.1) is 0 Å². The van der Waals surface area contributed by atoms with Gasteiger partial charge in [0.05, 0.1) is 11.1 Å². The van der Waals surface area contributed by atoms with Gasteiger partial charge in [0.2, 0.25) is 10.0 Å². The van der Waals surface area contributed by atoms with E-state index in [2.05, 4.69) is 15.9 Å². The van der Waals surface area contributed by atoms with Crippen LogP contribution in [0.2, 0.25) is 5.02 Å². The van der Waals surface area contributed by atoms with E-state index in [1.165, 1.54) is 10.4 Å². The SMILES string of the molecule is CN(CC1CC(O)C1)S(=O)(=O)c1ccc(Br)cc1Cl. The minimum atomic E-state index is -3.58. The minimum Gasteiger partial charge on any atom is -0.393 e. The first-order valence-corrected chi connectivity index (χ1v) is 8.51. The van der Waals surface area contributed by atoms with Crippen LogP contribution in [0.4, 0.5) is 0 Å². The Morgan fingerprint density at radius 2 is 2.11 bits per heavy atom. The van der Waals surface area contributed by atoms with Crippen LogP contribution in [0.25, 0.3) is 0 Å². The summed E-state index contributed by atoms with van der Waals surface area (Å²) in [4.78, 5) is 0.111. The van der Waals surface area contributed by atoms with Crippen LogP contribution in [0.3, 0.4) is 0 Å². The van der Waals surface area contributed by atoms with Crippen LogP contribution in [0.1, 0.15) is 12.8 Å². The van der Waals surface area contributed by atoms with E-state index in [4.69, 9.17) is 11.6 Å². The quantitative estimate of drug-likeness (QED) is 0.888. The maximum atomic E-state index is 12.4. The fourth-order valence-corrected chi connectivity index (χ4v) is 4.42. The van der Waals surface area contributed by atoms with E-state index in [0.717, 1.165) is 4.47 Å². The molecular formula is C12H15BrClNO3S. The van der Waals surface area contributed by atoms with Crippen molar-refractivity contribution in [1.29, 1.82) is 0 Å². The van der Waals surface area contributed by atoms with Gasteiger partial charge in [-0.1, -0.05) is 27.5 Å². The Bertz CT molecular complexity index is 572. The lowest BCUT2D eigenvalue weighted by molar-refractivity contribution is 0.0367. The number of nitrogens with zero attached hydrogens (tertiary/aromatic N) is 1. The van der Waals surface area contributed by atoms with Crippen molar-refractivity contribution in [2.45, 2.75) is 23.8 Å². The summed E-state index contributed by atoms with van der Waals surface area (Å²) in [5.74, 6) is 0.226. The van der Waals surface area contributed by atoms with Crippen LogP contribution in [0.15, 0.2) is 27.6 Å². The Kier molecular flexibility index (Phi) is 4.57. The Labute approximate surface area is 126 Å². The summed E-state index contributed by atoms with van der Waals surface area (Å²) < 4.78 is 26.8. The molecule has 2 rings (SSSR count). The average Bonchev–Trinajstić information content (AvgIpc) is 2.26. The molecule has 1 aromatic rings. The van der Waals surface area contributed by atoms with Gasteiger partial charge >= 0.3 is 0 Å². The second-order valence-electron chi connectivity index (χ2n) is 4.85. The van der Waals surface area contributed by atoms with Crippen molar-refractivity contribution in [3.8, 4) is 0 Å². The second kappa shape index (κ2) is 5.69. The van der Waals surface area contributed by atoms with Gasteiger partial charge in [-0.05, 0) is 37.0 Å². The lowest BCUT2D eigenvalue weighted by Crippen LogP contribution is -2.39. The topological polar surface area (TPSA) is 57.6 Å². The average molecular weight is 369 g/mol. The van der Waals surface area contributed by atoms with Crippen molar-refractivity contribution >= 4 is 37.6 Å². The van der Waals surface area contributed by atoms with E-state index in [1.807, 2.05) is 0 Å². The maximum absolute atomic E-state index is 12.4. The normalized spacial score (nSPS) is 23.4. The molecule has 1 saturated carbocycles. The molecule has 1 aromatic carbocycles. The van der Waals surface area contributed by atoms with Gasteiger partial charge in [-0.25, -0.2) is 12.7 Å². The molecule has 19 heavy (non-hydrogen) atoms.